The van der Waals surface area contributed by atoms with Crippen LogP contribution in [0.4, 0.5) is 0 Å². The van der Waals surface area contributed by atoms with Gasteiger partial charge in [-0.25, -0.2) is 4.79 Å². The highest BCUT2D eigenvalue weighted by atomic mass is 16.5. The maximum Gasteiger partial charge on any atom is 0.337 e. The molecule has 0 fully saturated rings. The molecule has 1 aromatic rings. The molecule has 18 heavy (non-hydrogen) atoms. The Morgan fingerprint density at radius 3 is 2.67 bits per heavy atom. The van der Waals surface area contributed by atoms with Crippen LogP contribution in [0.2, 0.25) is 0 Å². The number of carboxylic acid groups (broad SMARTS) is 1. The molecule has 1 unspecified atom stereocenters. The number of aromatic nitrogens is 2. The van der Waals surface area contributed by atoms with Gasteiger partial charge in [0.2, 0.25) is 11.8 Å². The summed E-state index contributed by atoms with van der Waals surface area (Å²) in [6, 6.07) is 0. The number of hydrogen-bond acceptors (Lipinski definition) is 6. The van der Waals surface area contributed by atoms with E-state index < -0.39 is 17.5 Å². The molecule has 8 nitrogen and oxygen atoms in total. The number of aliphatic carboxylic acids is 1. The number of nitrogens with one attached hydrogen (secondary N) is 1. The van der Waals surface area contributed by atoms with Gasteiger partial charge in [-0.05, 0) is 13.8 Å². The highest BCUT2D eigenvalue weighted by Crippen LogP contribution is 2.02. The Balaban J connectivity index is 2.32. The minimum atomic E-state index is -1.98. The Hall–Kier alpha value is -1.96. The molecular weight excluding hydrogens is 242 g/mol. The first kappa shape index (κ1) is 14.1. The minimum Gasteiger partial charge on any atom is -0.479 e. The van der Waals surface area contributed by atoms with Crippen LogP contribution in [0.15, 0.2) is 4.52 Å². The predicted octanol–water partition coefficient (Wildman–Crippen LogP) is -0.738. The number of aliphatic hydroxyl groups is 1. The van der Waals surface area contributed by atoms with Gasteiger partial charge >= 0.3 is 5.97 Å². The highest BCUT2D eigenvalue weighted by Gasteiger charge is 2.30. The second kappa shape index (κ2) is 5.58. The first-order chi connectivity index (χ1) is 8.31. The van der Waals surface area contributed by atoms with Crippen LogP contribution in [0.3, 0.4) is 0 Å². The number of hydrogen-bond donors (Lipinski definition) is 3. The second-order valence-electron chi connectivity index (χ2n) is 4.09. The molecule has 0 radical (unpaired) electrons. The van der Waals surface area contributed by atoms with E-state index in [0.717, 1.165) is 6.92 Å². The van der Waals surface area contributed by atoms with Crippen molar-refractivity contribution in [1.29, 1.82) is 0 Å². The fourth-order valence-electron chi connectivity index (χ4n) is 1.10. The predicted molar refractivity (Wildman–Crippen MR) is 58.6 cm³/mol. The average Bonchev–Trinajstić information content (AvgIpc) is 2.69. The molecule has 1 amide bonds. The number of nitrogens with zero attached hydrogens (tertiary/aromatic N) is 2. The third kappa shape index (κ3) is 4.13. The molecule has 3 N–H and O–H groups in total. The smallest absolute Gasteiger partial charge is 0.337 e. The molecule has 0 saturated heterocycles. The first-order valence-electron chi connectivity index (χ1n) is 5.33. The summed E-state index contributed by atoms with van der Waals surface area (Å²) in [5, 5.41) is 23.9. The van der Waals surface area contributed by atoms with Crippen LogP contribution in [0.25, 0.3) is 0 Å². The normalized spacial score (nSPS) is 13.9. The topological polar surface area (TPSA) is 126 Å². The Bertz CT molecular complexity index is 440. The van der Waals surface area contributed by atoms with Crippen molar-refractivity contribution in [2.24, 2.45) is 0 Å². The Labute approximate surface area is 103 Å². The number of amides is 1. The van der Waals surface area contributed by atoms with Crippen LogP contribution in [0.1, 0.15) is 25.1 Å². The van der Waals surface area contributed by atoms with Gasteiger partial charge in [-0.2, -0.15) is 4.98 Å². The zero-order chi connectivity index (χ0) is 13.8. The van der Waals surface area contributed by atoms with E-state index in [2.05, 4.69) is 15.5 Å². The Morgan fingerprint density at radius 1 is 1.50 bits per heavy atom. The molecule has 100 valence electrons. The van der Waals surface area contributed by atoms with Gasteiger partial charge in [0.05, 0.1) is 6.54 Å². The van der Waals surface area contributed by atoms with E-state index >= 15 is 0 Å². The molecule has 1 aromatic heterocycles. The largest absolute Gasteiger partial charge is 0.479 e. The SMILES string of the molecule is Cc1noc(CCC(=O)NCC(C)(O)C(=O)O)n1. The molecule has 1 rings (SSSR count). The molecule has 0 bridgehead atoms. The summed E-state index contributed by atoms with van der Waals surface area (Å²) in [5.41, 5.74) is -1.98. The van der Waals surface area contributed by atoms with Crippen LogP contribution in [0, 0.1) is 6.92 Å². The molecule has 0 aliphatic heterocycles. The lowest BCUT2D eigenvalue weighted by Gasteiger charge is -2.17. The lowest BCUT2D eigenvalue weighted by Crippen LogP contribution is -2.46. The number of aryl methyl sites for hydroxylation is 2. The van der Waals surface area contributed by atoms with Crippen molar-refractivity contribution in [2.75, 3.05) is 6.54 Å². The molecule has 0 saturated carbocycles. The summed E-state index contributed by atoms with van der Waals surface area (Å²) in [5.74, 6) is -0.963. The van der Waals surface area contributed by atoms with E-state index in [0.29, 0.717) is 11.7 Å². The quantitative estimate of drug-likeness (QED) is 0.612. The summed E-state index contributed by atoms with van der Waals surface area (Å²) in [7, 11) is 0. The average molecular weight is 257 g/mol. The van der Waals surface area contributed by atoms with E-state index in [9.17, 15) is 14.7 Å². The number of carboxylic acids is 1. The maximum absolute atomic E-state index is 11.4. The van der Waals surface area contributed by atoms with Gasteiger partial charge in [-0.15, -0.1) is 0 Å². The van der Waals surface area contributed by atoms with E-state index in [1.807, 2.05) is 0 Å². The number of carbonyl (C=O) groups is 2. The van der Waals surface area contributed by atoms with Crippen molar-refractivity contribution in [2.45, 2.75) is 32.3 Å². The summed E-state index contributed by atoms with van der Waals surface area (Å²) in [6.07, 6.45) is 0.346. The van der Waals surface area contributed by atoms with Gasteiger partial charge in [0.25, 0.3) is 0 Å². The van der Waals surface area contributed by atoms with Gasteiger partial charge in [0, 0.05) is 12.8 Å². The first-order valence-corrected chi connectivity index (χ1v) is 5.33. The van der Waals surface area contributed by atoms with Crippen molar-refractivity contribution >= 4 is 11.9 Å². The van der Waals surface area contributed by atoms with Gasteiger partial charge in [-0.1, -0.05) is 5.16 Å². The van der Waals surface area contributed by atoms with Crippen LogP contribution >= 0.6 is 0 Å². The van der Waals surface area contributed by atoms with E-state index in [4.69, 9.17) is 9.63 Å². The fraction of sp³-hybridized carbons (Fsp3) is 0.600. The lowest BCUT2D eigenvalue weighted by molar-refractivity contribution is -0.156. The van der Waals surface area contributed by atoms with Crippen molar-refractivity contribution < 1.29 is 24.3 Å². The number of carbonyl (C=O) groups excluding carboxylic acids is 1. The third-order valence-electron chi connectivity index (χ3n) is 2.23. The van der Waals surface area contributed by atoms with E-state index in [-0.39, 0.29) is 19.4 Å². The van der Waals surface area contributed by atoms with E-state index in [1.165, 1.54) is 0 Å². The molecule has 0 aromatic carbocycles. The van der Waals surface area contributed by atoms with Crippen molar-refractivity contribution in [3.63, 3.8) is 0 Å². The Morgan fingerprint density at radius 2 is 2.17 bits per heavy atom. The molecule has 8 heteroatoms. The second-order valence-corrected chi connectivity index (χ2v) is 4.09. The van der Waals surface area contributed by atoms with Crippen LogP contribution in [0.5, 0.6) is 0 Å². The summed E-state index contributed by atoms with van der Waals surface area (Å²) < 4.78 is 4.81. The molecular formula is C10H15N3O5. The molecule has 1 heterocycles. The Kier molecular flexibility index (Phi) is 4.38. The molecule has 0 aliphatic carbocycles. The fourth-order valence-corrected chi connectivity index (χ4v) is 1.10. The number of rotatable bonds is 6. The van der Waals surface area contributed by atoms with Gasteiger partial charge < -0.3 is 20.1 Å². The molecule has 0 spiro atoms. The summed E-state index contributed by atoms with van der Waals surface area (Å²) in [4.78, 5) is 25.9. The minimum absolute atomic E-state index is 0.0807. The van der Waals surface area contributed by atoms with Crippen LogP contribution in [-0.2, 0) is 16.0 Å². The van der Waals surface area contributed by atoms with Crippen molar-refractivity contribution in [1.82, 2.24) is 15.5 Å². The standard InChI is InChI=1S/C10H15N3O5/c1-6-12-8(18-13-6)4-3-7(14)11-5-10(2,17)9(15)16/h17H,3-5H2,1-2H3,(H,11,14)(H,15,16). The third-order valence-corrected chi connectivity index (χ3v) is 2.23. The summed E-state index contributed by atoms with van der Waals surface area (Å²) in [6.45, 7) is 2.41. The van der Waals surface area contributed by atoms with Crippen LogP contribution in [-0.4, -0.2) is 44.4 Å². The molecule has 1 atom stereocenters. The van der Waals surface area contributed by atoms with Crippen LogP contribution < -0.4 is 5.32 Å². The zero-order valence-corrected chi connectivity index (χ0v) is 10.1. The lowest BCUT2D eigenvalue weighted by atomic mass is 10.1. The maximum atomic E-state index is 11.4. The molecule has 0 aliphatic rings. The van der Waals surface area contributed by atoms with Gasteiger partial charge in [-0.3, -0.25) is 4.79 Å². The van der Waals surface area contributed by atoms with Gasteiger partial charge in [0.1, 0.15) is 0 Å². The van der Waals surface area contributed by atoms with Crippen molar-refractivity contribution in [3.05, 3.63) is 11.7 Å². The highest BCUT2D eigenvalue weighted by molar-refractivity contribution is 5.80. The summed E-state index contributed by atoms with van der Waals surface area (Å²) >= 11 is 0. The van der Waals surface area contributed by atoms with Gasteiger partial charge in [0.15, 0.2) is 11.4 Å². The zero-order valence-electron chi connectivity index (χ0n) is 10.1. The van der Waals surface area contributed by atoms with Crippen molar-refractivity contribution in [3.8, 4) is 0 Å². The van der Waals surface area contributed by atoms with E-state index in [1.54, 1.807) is 6.92 Å². The monoisotopic (exact) mass is 257 g/mol.